The Labute approximate surface area is 115 Å². The monoisotopic (exact) mass is 304 g/mol. The summed E-state index contributed by atoms with van der Waals surface area (Å²) < 4.78 is 41.3. The molecule has 0 aliphatic rings. The van der Waals surface area contributed by atoms with Crippen LogP contribution in [0.1, 0.15) is 26.3 Å². The maximum absolute atomic E-state index is 12.4. The molecule has 0 amide bonds. The van der Waals surface area contributed by atoms with Gasteiger partial charge in [0.2, 0.25) is 0 Å². The van der Waals surface area contributed by atoms with Gasteiger partial charge in [-0.3, -0.25) is 4.18 Å². The van der Waals surface area contributed by atoms with E-state index in [1.165, 1.54) is 12.1 Å². The molecule has 0 aromatic heterocycles. The lowest BCUT2D eigenvalue weighted by Crippen LogP contribution is -2.19. The van der Waals surface area contributed by atoms with E-state index >= 15 is 0 Å². The van der Waals surface area contributed by atoms with Crippen molar-refractivity contribution in [3.63, 3.8) is 0 Å². The van der Waals surface area contributed by atoms with E-state index in [9.17, 15) is 13.0 Å². The summed E-state index contributed by atoms with van der Waals surface area (Å²) in [4.78, 5) is 0.0898. The van der Waals surface area contributed by atoms with Crippen LogP contribution in [0.4, 0.5) is 0 Å². The number of rotatable bonds is 4. The molecule has 1 unspecified atom stereocenters. The highest BCUT2D eigenvalue weighted by Gasteiger charge is 2.33. The Bertz CT molecular complexity index is 582. The number of hydrogen-bond donors (Lipinski definition) is 0. The average molecular weight is 304 g/mol. The summed E-state index contributed by atoms with van der Waals surface area (Å²) in [5.74, 6) is 0. The topological polar surface area (TPSA) is 60.4 Å². The number of aryl methyl sites for hydroxylation is 1. The van der Waals surface area contributed by atoms with Gasteiger partial charge in [-0.2, -0.15) is 8.42 Å². The van der Waals surface area contributed by atoms with Gasteiger partial charge in [-0.25, -0.2) is 0 Å². The lowest BCUT2D eigenvalue weighted by Gasteiger charge is -2.27. The molecule has 0 bridgehead atoms. The van der Waals surface area contributed by atoms with Gasteiger partial charge in [0, 0.05) is 5.16 Å². The van der Waals surface area contributed by atoms with Crippen LogP contribution < -0.4 is 0 Å². The predicted octanol–water partition coefficient (Wildman–Crippen LogP) is 3.45. The lowest BCUT2D eigenvalue weighted by molar-refractivity contribution is 0.364. The Morgan fingerprint density at radius 1 is 1.16 bits per heavy atom. The Balaban J connectivity index is 2.88. The summed E-state index contributed by atoms with van der Waals surface area (Å²) in [6.45, 7) is 8.88. The van der Waals surface area contributed by atoms with Gasteiger partial charge in [-0.15, -0.1) is 0 Å². The van der Waals surface area contributed by atoms with Gasteiger partial charge >= 0.3 is 0 Å². The quantitative estimate of drug-likeness (QED) is 0.631. The van der Waals surface area contributed by atoms with Crippen molar-refractivity contribution in [1.29, 1.82) is 0 Å². The third kappa shape index (κ3) is 4.16. The lowest BCUT2D eigenvalue weighted by atomic mass is 10.2. The van der Waals surface area contributed by atoms with Crippen LogP contribution in [0.3, 0.4) is 0 Å². The van der Waals surface area contributed by atoms with Gasteiger partial charge < -0.3 is 4.57 Å². The third-order valence-corrected chi connectivity index (χ3v) is 8.10. The summed E-state index contributed by atoms with van der Waals surface area (Å²) in [6.07, 6.45) is -0.271. The fraction of sp³-hybridized carbons (Fsp3) is 0.538. The van der Waals surface area contributed by atoms with Crippen molar-refractivity contribution >= 4 is 17.3 Å². The van der Waals surface area contributed by atoms with Gasteiger partial charge in [0.05, 0.1) is 4.90 Å². The van der Waals surface area contributed by atoms with Crippen LogP contribution in [0, 0.1) is 6.92 Å². The predicted molar refractivity (Wildman–Crippen MR) is 77.6 cm³/mol. The molecular weight excluding hydrogens is 283 g/mol. The molecule has 1 aromatic carbocycles. The highest BCUT2D eigenvalue weighted by molar-refractivity contribution is 7.87. The maximum Gasteiger partial charge on any atom is 0.297 e. The first-order valence-corrected chi connectivity index (χ1v) is 9.73. The van der Waals surface area contributed by atoms with Crippen LogP contribution in [-0.2, 0) is 18.9 Å². The summed E-state index contributed by atoms with van der Waals surface area (Å²) in [6, 6.07) is 6.38. The van der Waals surface area contributed by atoms with E-state index in [0.717, 1.165) is 5.56 Å². The van der Waals surface area contributed by atoms with E-state index in [1.54, 1.807) is 18.8 Å². The number of hydrogen-bond acceptors (Lipinski definition) is 4. The molecule has 0 fully saturated rings. The molecule has 0 radical (unpaired) electrons. The van der Waals surface area contributed by atoms with Crippen LogP contribution in [0.2, 0.25) is 0 Å². The van der Waals surface area contributed by atoms with Gasteiger partial charge in [0.15, 0.2) is 0 Å². The maximum atomic E-state index is 12.4. The minimum atomic E-state index is -3.84. The summed E-state index contributed by atoms with van der Waals surface area (Å²) in [5, 5.41) is -0.476. The highest BCUT2D eigenvalue weighted by Crippen LogP contribution is 2.54. The molecule has 0 saturated carbocycles. The normalized spacial score (nSPS) is 16.1. The Morgan fingerprint density at radius 3 is 2.05 bits per heavy atom. The Kier molecular flexibility index (Phi) is 4.66. The van der Waals surface area contributed by atoms with Gasteiger partial charge in [-0.1, -0.05) is 38.5 Å². The molecule has 0 saturated heterocycles. The van der Waals surface area contributed by atoms with E-state index in [1.807, 2.05) is 27.7 Å². The van der Waals surface area contributed by atoms with Gasteiger partial charge in [-0.05, 0) is 25.7 Å². The van der Waals surface area contributed by atoms with Crippen molar-refractivity contribution < 1.29 is 17.2 Å². The zero-order valence-electron chi connectivity index (χ0n) is 12.0. The van der Waals surface area contributed by atoms with Crippen molar-refractivity contribution in [2.75, 3.05) is 13.0 Å². The first kappa shape index (κ1) is 16.4. The van der Waals surface area contributed by atoms with Gasteiger partial charge in [0.1, 0.15) is 13.5 Å². The Morgan fingerprint density at radius 2 is 1.63 bits per heavy atom. The first-order valence-electron chi connectivity index (χ1n) is 5.98. The molecule has 4 nitrogen and oxygen atoms in total. The molecule has 6 heteroatoms. The Hall–Kier alpha value is -0.640. The van der Waals surface area contributed by atoms with Crippen molar-refractivity contribution in [2.45, 2.75) is 37.7 Å². The minimum Gasteiger partial charge on any atom is -0.321 e. The van der Waals surface area contributed by atoms with Crippen LogP contribution in [0.25, 0.3) is 0 Å². The second-order valence-corrected chi connectivity index (χ2v) is 11.2. The summed E-state index contributed by atoms with van der Waals surface area (Å²) >= 11 is 0. The smallest absolute Gasteiger partial charge is 0.297 e. The zero-order valence-corrected chi connectivity index (χ0v) is 13.7. The fourth-order valence-corrected chi connectivity index (χ4v) is 3.49. The molecule has 1 atom stereocenters. The average Bonchev–Trinajstić information content (AvgIpc) is 2.26. The molecule has 108 valence electrons. The minimum absolute atomic E-state index is 0.0898. The standard InChI is InChI=1S/C13H21O4PS/c1-11-6-8-12(9-7-11)19(15,16)17-10-18(5,14)13(2,3)4/h6-9H,10H2,1-5H3. The molecule has 1 aromatic rings. The van der Waals surface area contributed by atoms with Crippen LogP contribution >= 0.6 is 7.14 Å². The van der Waals surface area contributed by atoms with E-state index in [4.69, 9.17) is 4.18 Å². The van der Waals surface area contributed by atoms with Crippen LogP contribution in [0.5, 0.6) is 0 Å². The molecule has 1 rings (SSSR count). The second-order valence-electron chi connectivity index (χ2n) is 5.79. The van der Waals surface area contributed by atoms with E-state index < -0.39 is 22.4 Å². The SMILES string of the molecule is Cc1ccc(S(=O)(=O)OCP(C)(=O)C(C)(C)C)cc1. The van der Waals surface area contributed by atoms with E-state index in [0.29, 0.717) is 0 Å². The van der Waals surface area contributed by atoms with Crippen LogP contribution in [0.15, 0.2) is 29.2 Å². The zero-order chi connectivity index (χ0) is 14.9. The van der Waals surface area contributed by atoms with E-state index in [2.05, 4.69) is 0 Å². The largest absolute Gasteiger partial charge is 0.321 e. The molecule has 0 aliphatic heterocycles. The molecule has 19 heavy (non-hydrogen) atoms. The van der Waals surface area contributed by atoms with Crippen molar-refractivity contribution in [1.82, 2.24) is 0 Å². The van der Waals surface area contributed by atoms with Crippen LogP contribution in [-0.4, -0.2) is 26.6 Å². The summed E-state index contributed by atoms with van der Waals surface area (Å²) in [7, 11) is -6.55. The molecule has 0 spiro atoms. The first-order chi connectivity index (χ1) is 8.46. The number of benzene rings is 1. The molecular formula is C13H21O4PS. The van der Waals surface area contributed by atoms with Crippen molar-refractivity contribution in [3.05, 3.63) is 29.8 Å². The fourth-order valence-electron chi connectivity index (χ4n) is 1.14. The van der Waals surface area contributed by atoms with Crippen molar-refractivity contribution in [3.8, 4) is 0 Å². The molecule has 0 aliphatic carbocycles. The molecule has 0 N–H and O–H groups in total. The van der Waals surface area contributed by atoms with Crippen molar-refractivity contribution in [2.24, 2.45) is 0 Å². The highest BCUT2D eigenvalue weighted by atomic mass is 32.2. The summed E-state index contributed by atoms with van der Waals surface area (Å²) in [5.41, 5.74) is 0.967. The third-order valence-electron chi connectivity index (χ3n) is 3.18. The van der Waals surface area contributed by atoms with Gasteiger partial charge in [0.25, 0.3) is 10.1 Å². The second kappa shape index (κ2) is 5.39. The van der Waals surface area contributed by atoms with E-state index in [-0.39, 0.29) is 11.2 Å². The molecule has 0 heterocycles.